The predicted octanol–water partition coefficient (Wildman–Crippen LogP) is 3.59. The van der Waals surface area contributed by atoms with Crippen LogP contribution in [0.2, 0.25) is 0 Å². The topological polar surface area (TPSA) is 37.4 Å². The summed E-state index contributed by atoms with van der Waals surface area (Å²) >= 11 is 1.64. The number of benzene rings is 1. The molecule has 0 saturated heterocycles. The van der Waals surface area contributed by atoms with Crippen LogP contribution in [-0.2, 0) is 16.4 Å². The van der Waals surface area contributed by atoms with Crippen LogP contribution >= 0.6 is 11.3 Å². The predicted molar refractivity (Wildman–Crippen MR) is 86.1 cm³/mol. The first-order valence-electron chi connectivity index (χ1n) is 7.29. The summed E-state index contributed by atoms with van der Waals surface area (Å²) in [6, 6.07) is 8.09. The molecular weight excluding hydrogens is 321 g/mol. The van der Waals surface area contributed by atoms with Gasteiger partial charge in [-0.25, -0.2) is 12.8 Å². The SMILES string of the molecule is Cc1cc(S(=O)(=O)N(CCc2cccs2)C2CC2)ccc1F. The summed E-state index contributed by atoms with van der Waals surface area (Å²) in [6.45, 7) is 2.06. The first-order chi connectivity index (χ1) is 10.5. The molecule has 2 aromatic rings. The van der Waals surface area contributed by atoms with Gasteiger partial charge in [0.15, 0.2) is 0 Å². The van der Waals surface area contributed by atoms with E-state index in [4.69, 9.17) is 0 Å². The van der Waals surface area contributed by atoms with E-state index < -0.39 is 10.0 Å². The molecule has 1 aliphatic rings. The molecule has 3 nitrogen and oxygen atoms in total. The maximum Gasteiger partial charge on any atom is 0.243 e. The molecular formula is C16H18FNO2S2. The van der Waals surface area contributed by atoms with Gasteiger partial charge in [-0.2, -0.15) is 4.31 Å². The highest BCUT2D eigenvalue weighted by atomic mass is 32.2. The van der Waals surface area contributed by atoms with Crippen molar-refractivity contribution in [3.8, 4) is 0 Å². The van der Waals surface area contributed by atoms with E-state index in [1.807, 2.05) is 17.5 Å². The van der Waals surface area contributed by atoms with E-state index in [0.29, 0.717) is 18.5 Å². The molecule has 118 valence electrons. The third-order valence-electron chi connectivity index (χ3n) is 3.85. The summed E-state index contributed by atoms with van der Waals surface area (Å²) in [6.07, 6.45) is 2.53. The van der Waals surface area contributed by atoms with Gasteiger partial charge in [0.2, 0.25) is 10.0 Å². The van der Waals surface area contributed by atoms with Crippen molar-refractivity contribution < 1.29 is 12.8 Å². The zero-order chi connectivity index (χ0) is 15.7. The van der Waals surface area contributed by atoms with Gasteiger partial charge >= 0.3 is 0 Å². The zero-order valence-corrected chi connectivity index (χ0v) is 14.0. The average Bonchev–Trinajstić information content (AvgIpc) is 3.17. The summed E-state index contributed by atoms with van der Waals surface area (Å²) in [5, 5.41) is 1.99. The van der Waals surface area contributed by atoms with E-state index in [0.717, 1.165) is 12.8 Å². The van der Waals surface area contributed by atoms with Crippen LogP contribution in [0.25, 0.3) is 0 Å². The minimum absolute atomic E-state index is 0.0929. The summed E-state index contributed by atoms with van der Waals surface area (Å²) < 4.78 is 40.7. The molecule has 0 spiro atoms. The molecule has 0 N–H and O–H groups in total. The second kappa shape index (κ2) is 6.10. The Morgan fingerprint density at radius 2 is 2.09 bits per heavy atom. The monoisotopic (exact) mass is 339 g/mol. The highest BCUT2D eigenvalue weighted by molar-refractivity contribution is 7.89. The third kappa shape index (κ3) is 3.24. The van der Waals surface area contributed by atoms with Crippen LogP contribution in [0.3, 0.4) is 0 Å². The molecule has 1 heterocycles. The summed E-state index contributed by atoms with van der Waals surface area (Å²) in [7, 11) is -3.56. The molecule has 1 fully saturated rings. The highest BCUT2D eigenvalue weighted by Gasteiger charge is 2.37. The minimum atomic E-state index is -3.56. The molecule has 0 bridgehead atoms. The fourth-order valence-corrected chi connectivity index (χ4v) is 4.92. The van der Waals surface area contributed by atoms with Gasteiger partial charge in [0.25, 0.3) is 0 Å². The molecule has 0 amide bonds. The van der Waals surface area contributed by atoms with E-state index in [2.05, 4.69) is 0 Å². The molecule has 1 aromatic carbocycles. The molecule has 1 aromatic heterocycles. The van der Waals surface area contributed by atoms with Crippen molar-refractivity contribution >= 4 is 21.4 Å². The second-order valence-electron chi connectivity index (χ2n) is 5.59. The van der Waals surface area contributed by atoms with Crippen molar-refractivity contribution in [2.45, 2.75) is 37.1 Å². The summed E-state index contributed by atoms with van der Waals surface area (Å²) in [5.41, 5.74) is 0.357. The van der Waals surface area contributed by atoms with Gasteiger partial charge in [-0.15, -0.1) is 11.3 Å². The van der Waals surface area contributed by atoms with Crippen LogP contribution in [0.4, 0.5) is 4.39 Å². The number of nitrogens with zero attached hydrogens (tertiary/aromatic N) is 1. The lowest BCUT2D eigenvalue weighted by Crippen LogP contribution is -2.35. The Labute approximate surface area is 134 Å². The van der Waals surface area contributed by atoms with Crippen LogP contribution in [0.1, 0.15) is 23.3 Å². The molecule has 0 aliphatic heterocycles. The lowest BCUT2D eigenvalue weighted by atomic mass is 10.2. The standard InChI is InChI=1S/C16H18FNO2S2/c1-12-11-15(6-7-16(12)17)22(19,20)18(13-4-5-13)9-8-14-3-2-10-21-14/h2-3,6-7,10-11,13H,4-5,8-9H2,1H3. The van der Waals surface area contributed by atoms with Gasteiger partial charge in [0.1, 0.15) is 5.82 Å². The Bertz CT molecular complexity index is 752. The molecule has 22 heavy (non-hydrogen) atoms. The lowest BCUT2D eigenvalue weighted by molar-refractivity contribution is 0.408. The maximum absolute atomic E-state index is 13.4. The number of hydrogen-bond donors (Lipinski definition) is 0. The number of halogens is 1. The first-order valence-corrected chi connectivity index (χ1v) is 9.61. The molecule has 1 aliphatic carbocycles. The Morgan fingerprint density at radius 3 is 2.68 bits per heavy atom. The third-order valence-corrected chi connectivity index (χ3v) is 6.73. The lowest BCUT2D eigenvalue weighted by Gasteiger charge is -2.22. The van der Waals surface area contributed by atoms with Crippen LogP contribution in [0, 0.1) is 12.7 Å². The van der Waals surface area contributed by atoms with E-state index in [1.165, 1.54) is 23.1 Å². The summed E-state index contributed by atoms with van der Waals surface area (Å²) in [5.74, 6) is -0.379. The van der Waals surface area contributed by atoms with Crippen molar-refractivity contribution in [1.29, 1.82) is 0 Å². The van der Waals surface area contributed by atoms with Crippen LogP contribution in [0.15, 0.2) is 40.6 Å². The highest BCUT2D eigenvalue weighted by Crippen LogP contribution is 2.32. The van der Waals surface area contributed by atoms with Crippen LogP contribution in [-0.4, -0.2) is 25.3 Å². The van der Waals surface area contributed by atoms with Gasteiger partial charge in [0, 0.05) is 17.5 Å². The molecule has 0 atom stereocenters. The van der Waals surface area contributed by atoms with Crippen LogP contribution in [0.5, 0.6) is 0 Å². The van der Waals surface area contributed by atoms with E-state index in [9.17, 15) is 12.8 Å². The molecule has 3 rings (SSSR count). The molecule has 0 radical (unpaired) electrons. The van der Waals surface area contributed by atoms with Crippen molar-refractivity contribution in [2.75, 3.05) is 6.54 Å². The maximum atomic E-state index is 13.4. The number of hydrogen-bond acceptors (Lipinski definition) is 3. The van der Waals surface area contributed by atoms with E-state index >= 15 is 0 Å². The Kier molecular flexibility index (Phi) is 4.34. The van der Waals surface area contributed by atoms with E-state index in [1.54, 1.807) is 22.6 Å². The van der Waals surface area contributed by atoms with Gasteiger partial charge < -0.3 is 0 Å². The first kappa shape index (κ1) is 15.6. The fraction of sp³-hybridized carbons (Fsp3) is 0.375. The van der Waals surface area contributed by atoms with Gasteiger partial charge in [-0.1, -0.05) is 6.07 Å². The molecule has 6 heteroatoms. The largest absolute Gasteiger partial charge is 0.243 e. The number of aryl methyl sites for hydroxylation is 1. The van der Waals surface area contributed by atoms with Crippen LogP contribution < -0.4 is 0 Å². The Balaban J connectivity index is 1.84. The Hall–Kier alpha value is -1.24. The molecule has 0 unspecified atom stereocenters. The summed E-state index contributed by atoms with van der Waals surface area (Å²) in [4.78, 5) is 1.36. The number of sulfonamides is 1. The fourth-order valence-electron chi connectivity index (χ4n) is 2.45. The van der Waals surface area contributed by atoms with Crippen molar-refractivity contribution in [1.82, 2.24) is 4.31 Å². The van der Waals surface area contributed by atoms with Gasteiger partial charge in [0.05, 0.1) is 4.90 Å². The minimum Gasteiger partial charge on any atom is -0.207 e. The van der Waals surface area contributed by atoms with Crippen molar-refractivity contribution in [3.05, 3.63) is 52.0 Å². The van der Waals surface area contributed by atoms with Crippen molar-refractivity contribution in [2.24, 2.45) is 0 Å². The molecule has 1 saturated carbocycles. The van der Waals surface area contributed by atoms with Gasteiger partial charge in [-0.3, -0.25) is 0 Å². The number of thiophene rings is 1. The quantitative estimate of drug-likeness (QED) is 0.806. The average molecular weight is 339 g/mol. The smallest absolute Gasteiger partial charge is 0.207 e. The van der Waals surface area contributed by atoms with E-state index in [-0.39, 0.29) is 16.8 Å². The van der Waals surface area contributed by atoms with Gasteiger partial charge in [-0.05, 0) is 61.4 Å². The Morgan fingerprint density at radius 1 is 1.32 bits per heavy atom. The normalized spacial score (nSPS) is 15.4. The van der Waals surface area contributed by atoms with Crippen molar-refractivity contribution in [3.63, 3.8) is 0 Å². The zero-order valence-electron chi connectivity index (χ0n) is 12.3. The second-order valence-corrected chi connectivity index (χ2v) is 8.51. The number of rotatable bonds is 6.